The molecule has 0 saturated heterocycles. The average molecular weight is 259 g/mol. The zero-order chi connectivity index (χ0) is 14.1. The number of carboxylic acid groups (broad SMARTS) is 1. The molecule has 0 fully saturated rings. The number of urea groups is 1. The van der Waals surface area contributed by atoms with Crippen molar-refractivity contribution in [3.8, 4) is 0 Å². The number of amides is 2. The quantitative estimate of drug-likeness (QED) is 0.633. The Morgan fingerprint density at radius 1 is 1.22 bits per heavy atom. The van der Waals surface area contributed by atoms with Crippen LogP contribution in [-0.4, -0.2) is 66.7 Å². The van der Waals surface area contributed by atoms with Gasteiger partial charge >= 0.3 is 12.0 Å². The van der Waals surface area contributed by atoms with Crippen LogP contribution in [0.15, 0.2) is 0 Å². The minimum Gasteiger partial charge on any atom is -0.480 e. The molecule has 0 saturated carbocycles. The maximum atomic E-state index is 11.8. The van der Waals surface area contributed by atoms with Crippen molar-refractivity contribution in [1.29, 1.82) is 0 Å². The molecule has 2 N–H and O–H groups in total. The minimum atomic E-state index is -0.994. The summed E-state index contributed by atoms with van der Waals surface area (Å²) in [6.45, 7) is 4.90. The fourth-order valence-corrected chi connectivity index (χ4v) is 1.48. The van der Waals surface area contributed by atoms with Gasteiger partial charge < -0.3 is 20.2 Å². The molecule has 0 aliphatic rings. The van der Waals surface area contributed by atoms with Crippen molar-refractivity contribution in [2.75, 3.05) is 33.7 Å². The number of aliphatic carboxylic acids is 1. The second-order valence-corrected chi connectivity index (χ2v) is 4.86. The van der Waals surface area contributed by atoms with E-state index in [0.29, 0.717) is 6.54 Å². The van der Waals surface area contributed by atoms with Crippen LogP contribution in [0.4, 0.5) is 4.79 Å². The highest BCUT2D eigenvalue weighted by molar-refractivity contribution is 5.80. The van der Waals surface area contributed by atoms with Crippen LogP contribution in [0.25, 0.3) is 0 Å². The molecule has 0 atom stereocenters. The van der Waals surface area contributed by atoms with Crippen molar-refractivity contribution in [3.05, 3.63) is 0 Å². The number of hydrogen-bond acceptors (Lipinski definition) is 3. The van der Waals surface area contributed by atoms with Crippen molar-refractivity contribution < 1.29 is 14.7 Å². The Labute approximate surface area is 109 Å². The van der Waals surface area contributed by atoms with Crippen LogP contribution < -0.4 is 5.32 Å². The van der Waals surface area contributed by atoms with Crippen LogP contribution in [0, 0.1) is 0 Å². The fourth-order valence-electron chi connectivity index (χ4n) is 1.48. The van der Waals surface area contributed by atoms with E-state index in [-0.39, 0.29) is 18.6 Å². The molecule has 0 unspecified atom stereocenters. The molecule has 0 aliphatic carbocycles. The second kappa shape index (κ2) is 8.74. The maximum Gasteiger partial charge on any atom is 0.323 e. The first kappa shape index (κ1) is 16.7. The summed E-state index contributed by atoms with van der Waals surface area (Å²) in [5, 5.41) is 11.5. The van der Waals surface area contributed by atoms with Crippen molar-refractivity contribution in [2.45, 2.75) is 32.7 Å². The summed E-state index contributed by atoms with van der Waals surface area (Å²) in [5.74, 6) is -0.994. The molecule has 0 rings (SSSR count). The van der Waals surface area contributed by atoms with Gasteiger partial charge in [-0.1, -0.05) is 0 Å². The summed E-state index contributed by atoms with van der Waals surface area (Å²) in [6.07, 6.45) is 1.90. The van der Waals surface area contributed by atoms with Gasteiger partial charge in [0.05, 0.1) is 0 Å². The number of unbranched alkanes of at least 4 members (excludes halogenated alkanes) is 1. The summed E-state index contributed by atoms with van der Waals surface area (Å²) in [7, 11) is 4.01. The summed E-state index contributed by atoms with van der Waals surface area (Å²) in [4.78, 5) is 25.8. The Morgan fingerprint density at radius 2 is 1.83 bits per heavy atom. The first-order valence-corrected chi connectivity index (χ1v) is 6.25. The van der Waals surface area contributed by atoms with Crippen molar-refractivity contribution in [2.24, 2.45) is 0 Å². The molecule has 2 amide bonds. The number of carbonyl (C=O) groups excluding carboxylic acids is 1. The first-order valence-electron chi connectivity index (χ1n) is 6.25. The molecule has 6 heteroatoms. The zero-order valence-corrected chi connectivity index (χ0v) is 11.8. The molecule has 0 heterocycles. The topological polar surface area (TPSA) is 72.9 Å². The molecule has 18 heavy (non-hydrogen) atoms. The summed E-state index contributed by atoms with van der Waals surface area (Å²) in [6, 6.07) is -0.430. The molecular weight excluding hydrogens is 234 g/mol. The van der Waals surface area contributed by atoms with Gasteiger partial charge in [0.2, 0.25) is 0 Å². The van der Waals surface area contributed by atoms with Gasteiger partial charge in [-0.15, -0.1) is 0 Å². The summed E-state index contributed by atoms with van der Waals surface area (Å²) in [5.41, 5.74) is 0. The van der Waals surface area contributed by atoms with Crippen LogP contribution in [0.5, 0.6) is 0 Å². The monoisotopic (exact) mass is 259 g/mol. The van der Waals surface area contributed by atoms with E-state index in [2.05, 4.69) is 10.2 Å². The Bertz CT molecular complexity index is 267. The van der Waals surface area contributed by atoms with Crippen molar-refractivity contribution in [3.63, 3.8) is 0 Å². The molecule has 0 aromatic carbocycles. The van der Waals surface area contributed by atoms with Crippen molar-refractivity contribution in [1.82, 2.24) is 15.1 Å². The third kappa shape index (κ3) is 7.89. The predicted octanol–water partition coefficient (Wildman–Crippen LogP) is 0.833. The van der Waals surface area contributed by atoms with Crippen LogP contribution in [0.3, 0.4) is 0 Å². The summed E-state index contributed by atoms with van der Waals surface area (Å²) >= 11 is 0. The van der Waals surface area contributed by atoms with E-state index in [1.807, 2.05) is 14.1 Å². The molecule has 106 valence electrons. The van der Waals surface area contributed by atoms with Gasteiger partial charge in [0.25, 0.3) is 0 Å². The van der Waals surface area contributed by atoms with Crippen LogP contribution in [0.2, 0.25) is 0 Å². The molecule has 6 nitrogen and oxygen atoms in total. The Morgan fingerprint density at radius 3 is 2.28 bits per heavy atom. The number of hydrogen-bond donors (Lipinski definition) is 2. The van der Waals surface area contributed by atoms with E-state index in [4.69, 9.17) is 5.11 Å². The zero-order valence-electron chi connectivity index (χ0n) is 11.8. The van der Waals surface area contributed by atoms with E-state index in [9.17, 15) is 9.59 Å². The normalized spacial score (nSPS) is 10.8. The van der Waals surface area contributed by atoms with Gasteiger partial charge in [0, 0.05) is 12.6 Å². The number of carboxylic acids is 1. The molecule has 0 aliphatic heterocycles. The fraction of sp³-hybridized carbons (Fsp3) is 0.833. The lowest BCUT2D eigenvalue weighted by Crippen LogP contribution is -2.46. The minimum absolute atomic E-state index is 0.122. The van der Waals surface area contributed by atoms with Gasteiger partial charge in [0.15, 0.2) is 0 Å². The number of nitrogens with one attached hydrogen (secondary N) is 1. The number of carbonyl (C=O) groups is 2. The molecule has 0 radical (unpaired) electrons. The number of nitrogens with zero attached hydrogens (tertiary/aromatic N) is 2. The lowest BCUT2D eigenvalue weighted by molar-refractivity contribution is -0.138. The average Bonchev–Trinajstić information content (AvgIpc) is 2.24. The van der Waals surface area contributed by atoms with Crippen molar-refractivity contribution >= 4 is 12.0 Å². The smallest absolute Gasteiger partial charge is 0.323 e. The highest BCUT2D eigenvalue weighted by atomic mass is 16.4. The third-order valence-corrected chi connectivity index (χ3v) is 2.50. The predicted molar refractivity (Wildman–Crippen MR) is 70.7 cm³/mol. The molecule has 0 aromatic rings. The lowest BCUT2D eigenvalue weighted by atomic mass is 10.3. The van der Waals surface area contributed by atoms with E-state index in [1.165, 1.54) is 4.90 Å². The Kier molecular flexibility index (Phi) is 8.11. The van der Waals surface area contributed by atoms with E-state index in [0.717, 1.165) is 19.4 Å². The third-order valence-electron chi connectivity index (χ3n) is 2.50. The summed E-state index contributed by atoms with van der Waals surface area (Å²) < 4.78 is 0. The standard InChI is InChI=1S/C12H25N3O3/c1-10(2)15(9-11(16)17)12(18)13-7-5-6-8-14(3)4/h10H,5-9H2,1-4H3,(H,13,18)(H,16,17). The highest BCUT2D eigenvalue weighted by Crippen LogP contribution is 1.99. The lowest BCUT2D eigenvalue weighted by Gasteiger charge is -2.25. The Hall–Kier alpha value is -1.30. The van der Waals surface area contributed by atoms with Gasteiger partial charge in [-0.3, -0.25) is 4.79 Å². The first-order chi connectivity index (χ1) is 8.34. The molecular formula is C12H25N3O3. The van der Waals surface area contributed by atoms with E-state index < -0.39 is 5.97 Å². The van der Waals surface area contributed by atoms with Gasteiger partial charge in [-0.25, -0.2) is 4.79 Å². The van der Waals surface area contributed by atoms with Crippen LogP contribution >= 0.6 is 0 Å². The van der Waals surface area contributed by atoms with Gasteiger partial charge in [-0.05, 0) is 47.3 Å². The van der Waals surface area contributed by atoms with Gasteiger partial charge in [0.1, 0.15) is 6.54 Å². The second-order valence-electron chi connectivity index (χ2n) is 4.86. The SMILES string of the molecule is CC(C)N(CC(=O)O)C(=O)NCCCCN(C)C. The van der Waals surface area contributed by atoms with Crippen LogP contribution in [0.1, 0.15) is 26.7 Å². The maximum absolute atomic E-state index is 11.8. The number of rotatable bonds is 8. The molecule has 0 aromatic heterocycles. The largest absolute Gasteiger partial charge is 0.480 e. The Balaban J connectivity index is 3.93. The van der Waals surface area contributed by atoms with Crippen LogP contribution in [-0.2, 0) is 4.79 Å². The highest BCUT2D eigenvalue weighted by Gasteiger charge is 2.18. The van der Waals surface area contributed by atoms with Gasteiger partial charge in [-0.2, -0.15) is 0 Å². The van der Waals surface area contributed by atoms with E-state index in [1.54, 1.807) is 13.8 Å². The van der Waals surface area contributed by atoms with E-state index >= 15 is 0 Å². The molecule has 0 spiro atoms. The molecule has 0 bridgehead atoms.